The van der Waals surface area contributed by atoms with Crippen LogP contribution in [0.4, 0.5) is 5.82 Å². The number of imide groups is 1. The summed E-state index contributed by atoms with van der Waals surface area (Å²) in [6, 6.07) is 3.82. The number of ether oxygens (including phenoxy) is 2. The highest BCUT2D eigenvalue weighted by Crippen LogP contribution is 2.71. The van der Waals surface area contributed by atoms with Gasteiger partial charge < -0.3 is 19.9 Å². The van der Waals surface area contributed by atoms with Crippen LogP contribution in [-0.4, -0.2) is 56.6 Å². The molecule has 10 nitrogen and oxygen atoms in total. The Balaban J connectivity index is 1.37. The van der Waals surface area contributed by atoms with Crippen molar-refractivity contribution in [2.45, 2.75) is 70.1 Å². The zero-order chi connectivity index (χ0) is 34.0. The number of unbranched alkanes of at least 4 members (excludes halogenated alkanes) is 1. The first kappa shape index (κ1) is 32.6. The highest BCUT2D eigenvalue weighted by Gasteiger charge is 2.69. The minimum absolute atomic E-state index is 0.0149. The second-order valence-electron chi connectivity index (χ2n) is 14.0. The maximum atomic E-state index is 14.4. The monoisotopic (exact) mass is 701 g/mol. The van der Waals surface area contributed by atoms with Gasteiger partial charge >= 0.3 is 11.9 Å². The summed E-state index contributed by atoms with van der Waals surface area (Å²) in [5.74, 6) is -0.273. The summed E-state index contributed by atoms with van der Waals surface area (Å²) in [6.07, 6.45) is 13.3. The molecule has 5 heterocycles. The number of amides is 2. The van der Waals surface area contributed by atoms with E-state index in [4.69, 9.17) is 9.47 Å². The average molecular weight is 702 g/mol. The third-order valence-corrected chi connectivity index (χ3v) is 13.9. The molecular formula is C37H39N3O7S2. The summed E-state index contributed by atoms with van der Waals surface area (Å²) in [5.41, 5.74) is 2.31. The zero-order valence-electron chi connectivity index (χ0n) is 27.5. The molecule has 4 aliphatic carbocycles. The average Bonchev–Trinajstić information content (AvgIpc) is 3.72. The van der Waals surface area contributed by atoms with Gasteiger partial charge in [-0.15, -0.1) is 0 Å². The number of allylic oxidation sites excluding steroid dienone is 4. The van der Waals surface area contributed by atoms with Crippen LogP contribution in [0.5, 0.6) is 0 Å². The molecule has 2 amide bonds. The molecule has 0 radical (unpaired) electrons. The van der Waals surface area contributed by atoms with E-state index < -0.39 is 22.7 Å². The third-order valence-electron chi connectivity index (χ3n) is 11.5. The Hall–Kier alpha value is -3.61. The van der Waals surface area contributed by atoms with Gasteiger partial charge in [0.2, 0.25) is 0 Å². The van der Waals surface area contributed by atoms with Crippen molar-refractivity contribution in [2.24, 2.45) is 29.1 Å². The van der Waals surface area contributed by atoms with E-state index in [1.165, 1.54) is 38.6 Å². The SMILES string of the molecule is CCCC=C1OC(=O)C2=C1CCC1C3CCC4(C5=CCC(C)C(O)SSCNc6cc(ccn6)C(CN6C(=O)C=CC6=O)C3=C4C(=O)O5)C21. The number of aliphatic hydroxyl groups is 1. The van der Waals surface area contributed by atoms with Gasteiger partial charge in [0.25, 0.3) is 11.8 Å². The van der Waals surface area contributed by atoms with Crippen LogP contribution in [0.2, 0.25) is 0 Å². The lowest BCUT2D eigenvalue weighted by atomic mass is 9.43. The molecule has 1 spiro atoms. The molecule has 7 unspecified atom stereocenters. The number of pyridine rings is 1. The number of fused-ring (bicyclic) bond motifs is 3. The molecule has 9 rings (SSSR count). The number of hydrogen-bond acceptors (Lipinski definition) is 11. The Morgan fingerprint density at radius 1 is 1.14 bits per heavy atom. The quantitative estimate of drug-likeness (QED) is 0.220. The van der Waals surface area contributed by atoms with Crippen LogP contribution >= 0.6 is 21.6 Å². The molecular weight excluding hydrogens is 663 g/mol. The zero-order valence-corrected chi connectivity index (χ0v) is 29.1. The molecule has 49 heavy (non-hydrogen) atoms. The van der Waals surface area contributed by atoms with Crippen LogP contribution < -0.4 is 5.32 Å². The third kappa shape index (κ3) is 5.16. The maximum Gasteiger partial charge on any atom is 0.340 e. The van der Waals surface area contributed by atoms with E-state index in [0.717, 1.165) is 42.4 Å². The number of hydrogen-bond donors (Lipinski definition) is 2. The van der Waals surface area contributed by atoms with Gasteiger partial charge in [0.15, 0.2) is 0 Å². The number of nitrogens with one attached hydrogen (secondary N) is 1. The fraction of sp³-hybridized carbons (Fsp3) is 0.486. The van der Waals surface area contributed by atoms with E-state index in [0.29, 0.717) is 53.6 Å². The second kappa shape index (κ2) is 12.6. The lowest BCUT2D eigenvalue weighted by Crippen LogP contribution is -2.53. The predicted molar refractivity (Wildman–Crippen MR) is 185 cm³/mol. The van der Waals surface area contributed by atoms with Crippen molar-refractivity contribution in [1.29, 1.82) is 0 Å². The predicted octanol–water partition coefficient (Wildman–Crippen LogP) is 5.91. The Kier molecular flexibility index (Phi) is 8.39. The highest BCUT2D eigenvalue weighted by molar-refractivity contribution is 8.76. The molecule has 0 aromatic carbocycles. The van der Waals surface area contributed by atoms with Gasteiger partial charge in [-0.3, -0.25) is 14.5 Å². The molecule has 12 heteroatoms. The minimum atomic E-state index is -0.917. The van der Waals surface area contributed by atoms with E-state index in [1.807, 2.05) is 31.2 Å². The summed E-state index contributed by atoms with van der Waals surface area (Å²) >= 11 is 0. The number of nitrogens with zero attached hydrogens (tertiary/aromatic N) is 2. The number of carbonyl (C=O) groups excluding carboxylic acids is 4. The van der Waals surface area contributed by atoms with E-state index in [1.54, 1.807) is 6.20 Å². The Labute approximate surface area is 292 Å². The maximum absolute atomic E-state index is 14.4. The second-order valence-corrected chi connectivity index (χ2v) is 16.5. The van der Waals surface area contributed by atoms with Crippen LogP contribution in [-0.2, 0) is 28.7 Å². The number of rotatable bonds is 4. The topological polar surface area (TPSA) is 135 Å². The summed E-state index contributed by atoms with van der Waals surface area (Å²) < 4.78 is 12.3. The lowest BCUT2D eigenvalue weighted by molar-refractivity contribution is -0.137. The van der Waals surface area contributed by atoms with Crippen LogP contribution in [0, 0.1) is 29.1 Å². The van der Waals surface area contributed by atoms with Crippen LogP contribution in [0.1, 0.15) is 70.3 Å². The molecule has 4 aliphatic heterocycles. The molecule has 2 N–H and O–H groups in total. The van der Waals surface area contributed by atoms with Gasteiger partial charge in [0, 0.05) is 47.9 Å². The Morgan fingerprint density at radius 2 is 1.96 bits per heavy atom. The van der Waals surface area contributed by atoms with Crippen molar-refractivity contribution in [1.82, 2.24) is 9.88 Å². The summed E-state index contributed by atoms with van der Waals surface area (Å²) in [6.45, 7) is 4.13. The number of anilines is 1. The van der Waals surface area contributed by atoms with Crippen LogP contribution in [0.3, 0.4) is 0 Å². The highest BCUT2D eigenvalue weighted by atomic mass is 33.1. The van der Waals surface area contributed by atoms with Crippen molar-refractivity contribution in [2.75, 3.05) is 17.7 Å². The number of aliphatic hydroxyl groups excluding tert-OH is 1. The summed E-state index contributed by atoms with van der Waals surface area (Å²) in [4.78, 5) is 60.1. The molecule has 1 aromatic heterocycles. The standard InChI is InChI=1S/C37H39N3O7S2/c1-3-4-5-25-23-8-7-22-21-12-14-37(32(22)31(23)34(43)46-25)26-9-6-19(2)36(45)49-48-18-39-27-16-20(13-15-38-27)24(30(21)33(37)35(44)47-26)17-40-28(41)10-11-29(40)42/h5,9-11,13,15-16,19,21-22,24,32,36,45H,3-4,6-8,12,14,17-18H2,1-2H3,(H,38,39). The Morgan fingerprint density at radius 3 is 2.76 bits per heavy atom. The molecule has 1 saturated carbocycles. The van der Waals surface area contributed by atoms with Gasteiger partial charge in [-0.1, -0.05) is 41.9 Å². The largest absolute Gasteiger partial charge is 0.427 e. The number of carbonyl (C=O) groups is 4. The number of aromatic nitrogens is 1. The van der Waals surface area contributed by atoms with Crippen molar-refractivity contribution < 1.29 is 33.8 Å². The van der Waals surface area contributed by atoms with E-state index in [2.05, 4.69) is 17.2 Å². The summed E-state index contributed by atoms with van der Waals surface area (Å²) in [5, 5.41) is 14.4. The molecule has 1 aromatic rings. The Bertz CT molecular complexity index is 1800. The van der Waals surface area contributed by atoms with Gasteiger partial charge in [-0.05, 0) is 91.7 Å². The molecule has 1 saturated heterocycles. The first-order valence-corrected chi connectivity index (χ1v) is 19.6. The van der Waals surface area contributed by atoms with E-state index in [9.17, 15) is 24.3 Å². The van der Waals surface area contributed by atoms with Gasteiger partial charge in [-0.2, -0.15) is 0 Å². The molecule has 256 valence electrons. The molecule has 8 aliphatic rings. The first-order chi connectivity index (χ1) is 23.7. The number of esters is 2. The fourth-order valence-corrected chi connectivity index (χ4v) is 11.4. The smallest absolute Gasteiger partial charge is 0.340 e. The van der Waals surface area contributed by atoms with Crippen LogP contribution in [0.15, 0.2) is 76.4 Å². The molecule has 2 fully saturated rings. The normalized spacial score (nSPS) is 34.6. The summed E-state index contributed by atoms with van der Waals surface area (Å²) in [7, 11) is 2.85. The fourth-order valence-electron chi connectivity index (χ4n) is 9.33. The van der Waals surface area contributed by atoms with Crippen molar-refractivity contribution in [3.63, 3.8) is 0 Å². The minimum Gasteiger partial charge on any atom is -0.427 e. The first-order valence-electron chi connectivity index (χ1n) is 17.3. The molecule has 7 bridgehead atoms. The molecule has 7 atom stereocenters. The van der Waals surface area contributed by atoms with Gasteiger partial charge in [0.1, 0.15) is 22.8 Å². The van der Waals surface area contributed by atoms with E-state index >= 15 is 0 Å². The van der Waals surface area contributed by atoms with Gasteiger partial charge in [-0.25, -0.2) is 14.6 Å². The number of cyclic esters (lactones) is 1. The van der Waals surface area contributed by atoms with E-state index in [-0.39, 0.29) is 48.0 Å². The van der Waals surface area contributed by atoms with Crippen LogP contribution in [0.25, 0.3) is 0 Å². The van der Waals surface area contributed by atoms with Crippen molar-refractivity contribution in [3.8, 4) is 0 Å². The van der Waals surface area contributed by atoms with Crippen molar-refractivity contribution >= 4 is 51.2 Å². The van der Waals surface area contributed by atoms with Crippen molar-refractivity contribution in [3.05, 3.63) is 82.0 Å². The van der Waals surface area contributed by atoms with Gasteiger partial charge in [0.05, 0.1) is 16.9 Å². The lowest BCUT2D eigenvalue weighted by Gasteiger charge is -2.57.